The summed E-state index contributed by atoms with van der Waals surface area (Å²) in [6, 6.07) is 12.7. The second kappa shape index (κ2) is 9.67. The van der Waals surface area contributed by atoms with Crippen LogP contribution in [0.3, 0.4) is 0 Å². The molecule has 1 amide bonds. The highest BCUT2D eigenvalue weighted by molar-refractivity contribution is 6.01. The van der Waals surface area contributed by atoms with Gasteiger partial charge in [0.1, 0.15) is 28.6 Å². The number of nitriles is 1. The molecule has 8 nitrogen and oxygen atoms in total. The van der Waals surface area contributed by atoms with E-state index in [-0.39, 0.29) is 23.1 Å². The third kappa shape index (κ3) is 4.94. The molecule has 0 radical (unpaired) electrons. The maximum atomic E-state index is 13.3. The molecule has 2 aromatic heterocycles. The molecule has 8 heteroatoms. The molecule has 0 saturated carbocycles. The van der Waals surface area contributed by atoms with Crippen LogP contribution in [-0.2, 0) is 9.53 Å². The fraction of sp³-hybridized carbons (Fsp3) is 0.280. The number of benzene rings is 1. The molecule has 168 valence electrons. The highest BCUT2D eigenvalue weighted by atomic mass is 16.5. The first-order chi connectivity index (χ1) is 16.0. The van der Waals surface area contributed by atoms with Crippen molar-refractivity contribution in [1.82, 2.24) is 14.7 Å². The lowest BCUT2D eigenvalue weighted by atomic mass is 10.1. The van der Waals surface area contributed by atoms with Crippen LogP contribution < -0.4 is 15.6 Å². The van der Waals surface area contributed by atoms with Crippen molar-refractivity contribution in [3.05, 3.63) is 75.2 Å². The molecular formula is C25H24N4O4. The number of carbonyl (C=O) groups is 1. The zero-order chi connectivity index (χ0) is 23.4. The summed E-state index contributed by atoms with van der Waals surface area (Å²) >= 11 is 0. The van der Waals surface area contributed by atoms with Gasteiger partial charge in [-0.05, 0) is 56.5 Å². The highest BCUT2D eigenvalue weighted by Crippen LogP contribution is 2.27. The van der Waals surface area contributed by atoms with E-state index in [0.29, 0.717) is 24.5 Å². The lowest BCUT2D eigenvalue weighted by Gasteiger charge is -2.13. The normalized spacial score (nSPS) is 15.9. The van der Waals surface area contributed by atoms with E-state index in [0.717, 1.165) is 24.0 Å². The van der Waals surface area contributed by atoms with Crippen molar-refractivity contribution in [2.75, 3.05) is 13.2 Å². The van der Waals surface area contributed by atoms with Crippen molar-refractivity contribution in [3.8, 4) is 17.7 Å². The Hall–Kier alpha value is -3.96. The van der Waals surface area contributed by atoms with Gasteiger partial charge in [0.05, 0.1) is 6.10 Å². The van der Waals surface area contributed by atoms with Crippen molar-refractivity contribution in [2.45, 2.75) is 32.8 Å². The largest absolute Gasteiger partial charge is 0.438 e. The Morgan fingerprint density at radius 2 is 2.21 bits per heavy atom. The number of aromatic nitrogens is 2. The summed E-state index contributed by atoms with van der Waals surface area (Å²) in [7, 11) is 0. The Morgan fingerprint density at radius 3 is 2.94 bits per heavy atom. The van der Waals surface area contributed by atoms with E-state index in [4.69, 9.17) is 9.47 Å². The molecule has 1 aliphatic rings. The second-order valence-electron chi connectivity index (χ2n) is 7.95. The summed E-state index contributed by atoms with van der Waals surface area (Å²) in [5, 5.41) is 12.3. The van der Waals surface area contributed by atoms with Gasteiger partial charge < -0.3 is 14.8 Å². The molecule has 4 rings (SSSR count). The van der Waals surface area contributed by atoms with Gasteiger partial charge in [0, 0.05) is 19.3 Å². The number of rotatable bonds is 6. The SMILES string of the molecule is Cc1ccc(Oc2nc3ccccn3c(=O)c2/C=C(\C#N)C(=O)NC[C@@H]2CCCO2)c(C)c1. The molecule has 1 saturated heterocycles. The fourth-order valence-electron chi connectivity index (χ4n) is 3.70. The second-order valence-corrected chi connectivity index (χ2v) is 7.95. The molecule has 1 aliphatic heterocycles. The lowest BCUT2D eigenvalue weighted by molar-refractivity contribution is -0.117. The Kier molecular flexibility index (Phi) is 6.52. The zero-order valence-electron chi connectivity index (χ0n) is 18.5. The van der Waals surface area contributed by atoms with Crippen LogP contribution in [0, 0.1) is 25.2 Å². The van der Waals surface area contributed by atoms with E-state index in [1.807, 2.05) is 32.0 Å². The third-order valence-corrected chi connectivity index (χ3v) is 5.44. The number of nitrogens with zero attached hydrogens (tertiary/aromatic N) is 3. The lowest BCUT2D eigenvalue weighted by Crippen LogP contribution is -2.32. The molecule has 0 bridgehead atoms. The van der Waals surface area contributed by atoms with E-state index in [9.17, 15) is 14.9 Å². The van der Waals surface area contributed by atoms with Crippen molar-refractivity contribution >= 4 is 17.6 Å². The van der Waals surface area contributed by atoms with Gasteiger partial charge in [0.2, 0.25) is 5.88 Å². The number of amides is 1. The summed E-state index contributed by atoms with van der Waals surface area (Å²) in [6.45, 7) is 4.84. The smallest absolute Gasteiger partial charge is 0.269 e. The number of hydrogen-bond acceptors (Lipinski definition) is 6. The molecule has 1 N–H and O–H groups in total. The predicted octanol–water partition coefficient (Wildman–Crippen LogP) is 3.31. The maximum Gasteiger partial charge on any atom is 0.269 e. The van der Waals surface area contributed by atoms with Crippen LogP contribution in [-0.4, -0.2) is 34.5 Å². The van der Waals surface area contributed by atoms with Crippen molar-refractivity contribution in [3.63, 3.8) is 0 Å². The number of ether oxygens (including phenoxy) is 2. The van der Waals surface area contributed by atoms with Gasteiger partial charge in [-0.2, -0.15) is 10.2 Å². The number of carbonyl (C=O) groups excluding carboxylic acids is 1. The Bertz CT molecular complexity index is 1330. The van der Waals surface area contributed by atoms with Crippen LogP contribution in [0.15, 0.2) is 53.0 Å². The number of fused-ring (bicyclic) bond motifs is 1. The first kappa shape index (κ1) is 22.2. The summed E-state index contributed by atoms with van der Waals surface area (Å²) in [5.74, 6) is -0.0235. The minimum atomic E-state index is -0.581. The number of hydrogen-bond donors (Lipinski definition) is 1. The minimum absolute atomic E-state index is 0.0162. The topological polar surface area (TPSA) is 106 Å². The van der Waals surface area contributed by atoms with E-state index in [1.165, 1.54) is 10.5 Å². The van der Waals surface area contributed by atoms with Crippen LogP contribution in [0.2, 0.25) is 0 Å². The minimum Gasteiger partial charge on any atom is -0.438 e. The molecule has 3 aromatic rings. The van der Waals surface area contributed by atoms with Gasteiger partial charge in [-0.1, -0.05) is 23.8 Å². The van der Waals surface area contributed by atoms with Crippen LogP contribution in [0.5, 0.6) is 11.6 Å². The monoisotopic (exact) mass is 444 g/mol. The first-order valence-corrected chi connectivity index (χ1v) is 10.7. The molecule has 3 heterocycles. The summed E-state index contributed by atoms with van der Waals surface area (Å²) in [6.07, 6.45) is 4.55. The molecule has 1 atom stereocenters. The van der Waals surface area contributed by atoms with Gasteiger partial charge in [-0.25, -0.2) is 0 Å². The van der Waals surface area contributed by atoms with Crippen molar-refractivity contribution < 1.29 is 14.3 Å². The van der Waals surface area contributed by atoms with Crippen LogP contribution in [0.1, 0.15) is 29.5 Å². The quantitative estimate of drug-likeness (QED) is 0.462. The highest BCUT2D eigenvalue weighted by Gasteiger charge is 2.20. The fourth-order valence-corrected chi connectivity index (χ4v) is 3.70. The zero-order valence-corrected chi connectivity index (χ0v) is 18.5. The number of aryl methyl sites for hydroxylation is 2. The van der Waals surface area contributed by atoms with Gasteiger partial charge in [0.25, 0.3) is 11.5 Å². The van der Waals surface area contributed by atoms with Crippen LogP contribution in [0.4, 0.5) is 0 Å². The van der Waals surface area contributed by atoms with Gasteiger partial charge >= 0.3 is 0 Å². The van der Waals surface area contributed by atoms with Gasteiger partial charge in [0.15, 0.2) is 0 Å². The molecule has 1 aromatic carbocycles. The number of pyridine rings is 1. The van der Waals surface area contributed by atoms with Crippen LogP contribution in [0.25, 0.3) is 11.7 Å². The van der Waals surface area contributed by atoms with Crippen molar-refractivity contribution in [2.24, 2.45) is 0 Å². The van der Waals surface area contributed by atoms with Crippen molar-refractivity contribution in [1.29, 1.82) is 5.26 Å². The summed E-state index contributed by atoms with van der Waals surface area (Å²) in [5.41, 5.74) is 1.69. The van der Waals surface area contributed by atoms with Gasteiger partial charge in [-0.15, -0.1) is 0 Å². The standard InChI is InChI=1S/C25H24N4O4/c1-16-8-9-21(17(2)12-16)33-24-20(25(31)29-10-4-3-7-22(29)28-24)13-18(14-26)23(30)27-15-19-6-5-11-32-19/h3-4,7-10,12-13,19H,5-6,11,15H2,1-2H3,(H,27,30)/b18-13+/t19-/m0/s1. The Balaban J connectivity index is 1.74. The van der Waals surface area contributed by atoms with E-state index >= 15 is 0 Å². The molecular weight excluding hydrogens is 420 g/mol. The van der Waals surface area contributed by atoms with E-state index in [2.05, 4.69) is 10.3 Å². The summed E-state index contributed by atoms with van der Waals surface area (Å²) < 4.78 is 12.9. The molecule has 0 spiro atoms. The molecule has 0 aliphatic carbocycles. The first-order valence-electron chi connectivity index (χ1n) is 10.7. The van der Waals surface area contributed by atoms with Crippen LogP contribution >= 0.6 is 0 Å². The molecule has 0 unspecified atom stereocenters. The predicted molar refractivity (Wildman–Crippen MR) is 123 cm³/mol. The average Bonchev–Trinajstić information content (AvgIpc) is 3.33. The Morgan fingerprint density at radius 1 is 1.36 bits per heavy atom. The molecule has 1 fully saturated rings. The summed E-state index contributed by atoms with van der Waals surface area (Å²) in [4.78, 5) is 30.4. The van der Waals surface area contributed by atoms with Gasteiger partial charge in [-0.3, -0.25) is 14.0 Å². The maximum absolute atomic E-state index is 13.3. The number of nitrogens with one attached hydrogen (secondary N) is 1. The third-order valence-electron chi connectivity index (χ3n) is 5.44. The van der Waals surface area contributed by atoms with E-state index in [1.54, 1.807) is 30.5 Å². The van der Waals surface area contributed by atoms with E-state index < -0.39 is 11.5 Å². The average molecular weight is 444 g/mol. The Labute approximate surface area is 191 Å². The molecule has 33 heavy (non-hydrogen) atoms.